The molecule has 0 aromatic carbocycles. The van der Waals surface area contributed by atoms with E-state index in [4.69, 9.17) is 114 Å². The molecule has 5 N–H and O–H groups in total. The molecule has 21 atom stereocenters. The van der Waals surface area contributed by atoms with Crippen LogP contribution < -0.4 is 21.3 Å². The Labute approximate surface area is 860 Å². The lowest BCUT2D eigenvalue weighted by atomic mass is 9.96. The van der Waals surface area contributed by atoms with Crippen LogP contribution >= 0.6 is 0 Å². The highest BCUT2D eigenvalue weighted by atomic mass is 16.8. The average molecular weight is 2140 g/mol. The summed E-state index contributed by atoms with van der Waals surface area (Å²) in [4.78, 5) is 215. The van der Waals surface area contributed by atoms with Gasteiger partial charge >= 0.3 is 77.6 Å². The molecular weight excluding hydrogens is 2010 g/mol. The number of rotatable bonds is 63. The highest BCUT2D eigenvalue weighted by molar-refractivity contribution is 5.77. The van der Waals surface area contributed by atoms with E-state index in [1.54, 1.807) is 29.7 Å². The Morgan fingerprint density at radius 1 is 0.307 bits per heavy atom. The van der Waals surface area contributed by atoms with Gasteiger partial charge in [0.2, 0.25) is 23.6 Å². The minimum absolute atomic E-state index is 0.00572. The number of hydrogen-bond acceptors (Lipinski definition) is 51. The molecular formula is C90H134N18O42. The van der Waals surface area contributed by atoms with Crippen molar-refractivity contribution in [2.75, 3.05) is 112 Å². The first-order valence-corrected chi connectivity index (χ1v) is 48.0. The summed E-state index contributed by atoms with van der Waals surface area (Å²) in [6, 6.07) is -6.16. The third kappa shape index (κ3) is 42.8. The van der Waals surface area contributed by atoms with Crippen molar-refractivity contribution in [1.82, 2.24) is 91.0 Å². The van der Waals surface area contributed by atoms with Crippen LogP contribution in [0.1, 0.15) is 153 Å². The number of carboxylic acid groups (broad SMARTS) is 1. The number of esters is 12. The van der Waals surface area contributed by atoms with Crippen LogP contribution in [0.3, 0.4) is 0 Å². The number of nitrogens with zero attached hydrogens (tertiary/aromatic N) is 14. The molecule has 4 saturated heterocycles. The number of unbranched alkanes of at least 4 members (excludes halogenated alkanes) is 1. The number of nitrogens with one attached hydrogen (secondary N) is 4. The second-order valence-electron chi connectivity index (χ2n) is 34.7. The maximum absolute atomic E-state index is 13.9. The summed E-state index contributed by atoms with van der Waals surface area (Å²) in [5.74, 6) is -12.7. The number of carboxylic acids is 1. The monoisotopic (exact) mass is 2140 g/mol. The van der Waals surface area contributed by atoms with Crippen molar-refractivity contribution in [1.29, 1.82) is 0 Å². The fourth-order valence-corrected chi connectivity index (χ4v) is 16.2. The Morgan fingerprint density at radius 2 is 0.533 bits per heavy atom. The van der Waals surface area contributed by atoms with E-state index in [-0.39, 0.29) is 144 Å². The van der Waals surface area contributed by atoms with Crippen LogP contribution in [-0.2, 0) is 248 Å². The third-order valence-electron chi connectivity index (χ3n) is 22.0. The SMILES string of the molecule is CC(=O)N[C@H]1[C@H](OCCOCCn2cc(CN(CCCCC(C(=O)O)N(Cc3cn(CCOCCO[C@@H]4O[C@H](COC(C)=O)[C@H](OC(C)=O)[C@H](OC(C)=O)[C@H]4NC(C)=O)nn3)Cc3cn(CCOCCO[C@@H]4O[C@H](COC(C)=O)[C@H](OC(C)=O)[C@H](OC(C)=O)[C@H]4NC(C)=O)nn3)Cc3cn(CCOCCO[C@@H]4O[C@H](COC(C)=O)[C@H](OC(C)=O)[C@H](OC(C)=O)[C@H]4NC(C)=O)nn3)nn2)O[C@H](COC(C)=O)[C@H](OC(C)=O)[C@@H]1OC(C)=O. The molecule has 4 aromatic rings. The Kier molecular flexibility index (Phi) is 51.0. The number of hydrogen-bond donors (Lipinski definition) is 5. The quantitative estimate of drug-likeness (QED) is 0.0160. The van der Waals surface area contributed by atoms with Gasteiger partial charge in [-0.25, -0.2) is 18.7 Å². The molecule has 4 aliphatic rings. The van der Waals surface area contributed by atoms with E-state index in [1.807, 2.05) is 4.90 Å². The van der Waals surface area contributed by atoms with Crippen molar-refractivity contribution in [3.63, 3.8) is 0 Å². The van der Waals surface area contributed by atoms with Crippen LogP contribution in [0.15, 0.2) is 24.8 Å². The minimum Gasteiger partial charge on any atom is -0.480 e. The van der Waals surface area contributed by atoms with E-state index in [0.717, 1.165) is 83.1 Å². The van der Waals surface area contributed by atoms with Crippen LogP contribution in [0.5, 0.6) is 0 Å². The zero-order valence-electron chi connectivity index (χ0n) is 86.2. The number of amides is 4. The molecule has 836 valence electrons. The fraction of sp³-hybridized carbons (Fsp3) is 0.722. The van der Waals surface area contributed by atoms with E-state index >= 15 is 0 Å². The highest BCUT2D eigenvalue weighted by Crippen LogP contribution is 2.34. The van der Waals surface area contributed by atoms with Gasteiger partial charge in [-0.2, -0.15) is 0 Å². The predicted molar refractivity (Wildman–Crippen MR) is 492 cm³/mol. The fourth-order valence-electron chi connectivity index (χ4n) is 16.2. The molecule has 1 unspecified atom stereocenters. The lowest BCUT2D eigenvalue weighted by Gasteiger charge is -2.44. The molecule has 8 rings (SSSR count). The summed E-state index contributed by atoms with van der Waals surface area (Å²) in [5.41, 5.74) is 1.61. The number of aromatic nitrogens is 12. The van der Waals surface area contributed by atoms with Gasteiger partial charge in [0.25, 0.3) is 0 Å². The molecule has 60 nitrogen and oxygen atoms in total. The highest BCUT2D eigenvalue weighted by Gasteiger charge is 2.56. The van der Waals surface area contributed by atoms with Gasteiger partial charge < -0.3 is 140 Å². The van der Waals surface area contributed by atoms with Gasteiger partial charge in [-0.3, -0.25) is 91.3 Å². The lowest BCUT2D eigenvalue weighted by Crippen LogP contribution is -2.66. The molecule has 0 saturated carbocycles. The van der Waals surface area contributed by atoms with Crippen molar-refractivity contribution in [3.8, 4) is 0 Å². The summed E-state index contributed by atoms with van der Waals surface area (Å²) < 4.78 is 143. The third-order valence-corrected chi connectivity index (χ3v) is 22.0. The van der Waals surface area contributed by atoms with E-state index in [2.05, 4.69) is 62.5 Å². The first-order valence-electron chi connectivity index (χ1n) is 48.0. The van der Waals surface area contributed by atoms with Crippen LogP contribution in [0.2, 0.25) is 0 Å². The first kappa shape index (κ1) is 122. The number of carbonyl (C=O) groups is 17. The van der Waals surface area contributed by atoms with Gasteiger partial charge in [-0.15, -0.1) is 20.4 Å². The molecule has 0 radical (unpaired) electrons. The smallest absolute Gasteiger partial charge is 0.320 e. The summed E-state index contributed by atoms with van der Waals surface area (Å²) in [5, 5.41) is 56.9. The van der Waals surface area contributed by atoms with Crippen LogP contribution in [0.4, 0.5) is 0 Å². The standard InChI is InChI=1S/C90H134N18O42/c1-49(109)91-74-82(143-61(13)121)78(139-57(9)117)70(45-135-53(5)113)147-87(74)131-33-29-127-25-21-105-41-65(95-99-105)37-103(38-66-42-106(100-96-66)22-26-128-30-34-132-88-75(92-50(2)110)83(144-62(14)122)79(140-58(10)118)71(148-88)46-136-54(6)114)20-18-17-19-69(86(125)126)104(39-67-43-107(101-97-67)23-27-129-31-35-133-89-76(93-51(3)111)84(145-63(15)123)80(141-59(11)119)72(149-89)47-137-55(7)115)40-68-44-108(102-98-68)24-28-130-32-36-134-90-77(94-52(4)112)85(146-64(16)124)81(142-60(12)120)73(150-90)48-138-56(8)116/h41-44,69-85,87-90H,17-40,45-48H2,1-16H3,(H,91,109)(H,92,110)(H,93,111)(H,94,112)(H,125,126)/t69?,70-,71-,72-,73-,74-,75-,76-,77-,78+,79+,80+,81+,82-,83-,84-,85-,87-,88-,89-,90-/m1/s1. The van der Waals surface area contributed by atoms with Crippen molar-refractivity contribution < 1.29 is 200 Å². The van der Waals surface area contributed by atoms with Crippen molar-refractivity contribution in [2.45, 2.75) is 311 Å². The number of ether oxygens (including phenoxy) is 24. The molecule has 4 amide bonds. The lowest BCUT2D eigenvalue weighted by molar-refractivity contribution is -0.279. The molecule has 0 bridgehead atoms. The van der Waals surface area contributed by atoms with Crippen LogP contribution in [0, 0.1) is 0 Å². The van der Waals surface area contributed by atoms with E-state index < -0.39 is 256 Å². The first-order chi connectivity index (χ1) is 71.3. The Bertz CT molecular complexity index is 4790. The molecule has 8 heterocycles. The van der Waals surface area contributed by atoms with Crippen molar-refractivity contribution in [2.24, 2.45) is 0 Å². The second-order valence-corrected chi connectivity index (χ2v) is 34.7. The predicted octanol–water partition coefficient (Wildman–Crippen LogP) is -3.86. The topological polar surface area (TPSA) is 709 Å². The molecule has 60 heteroatoms. The maximum Gasteiger partial charge on any atom is 0.320 e. The number of aliphatic carboxylic acids is 1. The van der Waals surface area contributed by atoms with Gasteiger partial charge in [0, 0.05) is 162 Å². The van der Waals surface area contributed by atoms with Gasteiger partial charge in [-0.05, 0) is 19.4 Å². The minimum atomic E-state index is -1.37. The largest absolute Gasteiger partial charge is 0.480 e. The Balaban J connectivity index is 0.979. The van der Waals surface area contributed by atoms with Gasteiger partial charge in [0.15, 0.2) is 74.0 Å². The summed E-state index contributed by atoms with van der Waals surface area (Å²) in [7, 11) is 0. The van der Waals surface area contributed by atoms with E-state index in [9.17, 15) is 86.6 Å². The molecule has 4 aromatic heterocycles. The average Bonchev–Trinajstić information content (AvgIpc) is 0.909. The van der Waals surface area contributed by atoms with Crippen LogP contribution in [-0.4, -0.2) is 417 Å². The zero-order chi connectivity index (χ0) is 110. The van der Waals surface area contributed by atoms with E-state index in [0.29, 0.717) is 35.7 Å². The summed E-state index contributed by atoms with van der Waals surface area (Å²) >= 11 is 0. The Morgan fingerprint density at radius 3 is 0.747 bits per heavy atom. The molecule has 4 fully saturated rings. The van der Waals surface area contributed by atoms with Gasteiger partial charge in [-0.1, -0.05) is 27.3 Å². The molecule has 0 aliphatic carbocycles. The number of carbonyl (C=O) groups excluding carboxylic acids is 16. The Hall–Kier alpha value is -13.0. The van der Waals surface area contributed by atoms with Gasteiger partial charge in [0.05, 0.1) is 128 Å². The normalized spacial score (nSPS) is 23.7. The van der Waals surface area contributed by atoms with Crippen molar-refractivity contribution >= 4 is 101 Å². The maximum atomic E-state index is 13.9. The summed E-state index contributed by atoms with van der Waals surface area (Å²) in [6.07, 6.45) is -13.9. The van der Waals surface area contributed by atoms with Crippen LogP contribution in [0.25, 0.3) is 0 Å². The molecule has 0 spiro atoms. The van der Waals surface area contributed by atoms with Gasteiger partial charge in [0.1, 0.15) is 81.1 Å². The zero-order valence-corrected chi connectivity index (χ0v) is 86.2. The second kappa shape index (κ2) is 62.6. The van der Waals surface area contributed by atoms with E-state index in [1.165, 1.54) is 46.4 Å². The molecule has 4 aliphatic heterocycles. The molecule has 150 heavy (non-hydrogen) atoms. The summed E-state index contributed by atoms with van der Waals surface area (Å²) in [6.45, 7) is 16.4. The van der Waals surface area contributed by atoms with Crippen molar-refractivity contribution in [3.05, 3.63) is 47.6 Å².